The van der Waals surface area contributed by atoms with Gasteiger partial charge in [-0.3, -0.25) is 4.79 Å². The van der Waals surface area contributed by atoms with Crippen LogP contribution in [0.25, 0.3) is 11.3 Å². The number of furan rings is 1. The van der Waals surface area contributed by atoms with Crippen molar-refractivity contribution in [3.63, 3.8) is 0 Å². The van der Waals surface area contributed by atoms with Crippen molar-refractivity contribution in [3.05, 3.63) is 71.4 Å². The molecule has 0 spiro atoms. The van der Waals surface area contributed by atoms with E-state index in [1.807, 2.05) is 48.5 Å². The van der Waals surface area contributed by atoms with E-state index in [2.05, 4.69) is 15.8 Å². The number of ether oxygens (including phenoxy) is 1. The molecule has 0 unspecified atom stereocenters. The van der Waals surface area contributed by atoms with Gasteiger partial charge in [-0.2, -0.15) is 5.10 Å². The van der Waals surface area contributed by atoms with Gasteiger partial charge in [-0.15, -0.1) is 0 Å². The van der Waals surface area contributed by atoms with E-state index in [0.717, 1.165) is 11.3 Å². The molecule has 3 aromatic rings. The minimum atomic E-state index is -0.293. The Morgan fingerprint density at radius 1 is 1.19 bits per heavy atom. The number of anilines is 1. The van der Waals surface area contributed by atoms with Crippen molar-refractivity contribution < 1.29 is 13.9 Å². The molecule has 0 aliphatic rings. The highest BCUT2D eigenvalue weighted by atomic mass is 35.5. The van der Waals surface area contributed by atoms with E-state index < -0.39 is 0 Å². The van der Waals surface area contributed by atoms with Gasteiger partial charge in [0, 0.05) is 10.6 Å². The monoisotopic (exact) mass is 383 g/mol. The van der Waals surface area contributed by atoms with Crippen molar-refractivity contribution in [1.82, 2.24) is 5.43 Å². The van der Waals surface area contributed by atoms with Crippen LogP contribution in [0.15, 0.2) is 70.2 Å². The summed E-state index contributed by atoms with van der Waals surface area (Å²) in [5, 5.41) is 7.54. The van der Waals surface area contributed by atoms with Crippen molar-refractivity contribution in [2.24, 2.45) is 5.10 Å². The first-order chi connectivity index (χ1) is 13.2. The summed E-state index contributed by atoms with van der Waals surface area (Å²) < 4.78 is 10.9. The Labute approximate surface area is 161 Å². The number of carbonyl (C=O) groups excluding carboxylic acids is 1. The number of amides is 1. The molecule has 2 aromatic carbocycles. The van der Waals surface area contributed by atoms with Crippen LogP contribution in [0.3, 0.4) is 0 Å². The first-order valence-corrected chi connectivity index (χ1v) is 8.58. The number of rotatable bonds is 7. The van der Waals surface area contributed by atoms with E-state index in [9.17, 15) is 4.79 Å². The molecule has 0 bridgehead atoms. The maximum absolute atomic E-state index is 11.9. The molecule has 6 nitrogen and oxygen atoms in total. The summed E-state index contributed by atoms with van der Waals surface area (Å²) in [7, 11) is 1.58. The van der Waals surface area contributed by atoms with Crippen LogP contribution in [-0.2, 0) is 4.79 Å². The Balaban J connectivity index is 1.52. The quantitative estimate of drug-likeness (QED) is 0.474. The molecule has 0 radical (unpaired) electrons. The second-order valence-electron chi connectivity index (χ2n) is 5.56. The molecule has 7 heteroatoms. The number of methoxy groups -OCH3 is 1. The molecule has 27 heavy (non-hydrogen) atoms. The average Bonchev–Trinajstić information content (AvgIpc) is 3.15. The summed E-state index contributed by atoms with van der Waals surface area (Å²) in [6.45, 7) is 0.0592. The predicted molar refractivity (Wildman–Crippen MR) is 106 cm³/mol. The number of nitrogens with one attached hydrogen (secondary N) is 2. The fourth-order valence-electron chi connectivity index (χ4n) is 2.39. The van der Waals surface area contributed by atoms with Gasteiger partial charge in [0.2, 0.25) is 0 Å². The third kappa shape index (κ3) is 5.12. The molecule has 1 heterocycles. The lowest BCUT2D eigenvalue weighted by Gasteiger charge is -2.09. The standard InChI is InChI=1S/C20H18ClN3O3/c1-26-19-8-3-2-7-17(19)22-13-20(25)24-23-12-16-9-10-18(27-16)14-5-4-6-15(21)11-14/h2-12,22H,13H2,1H3,(H,24,25)/b23-12-. The number of benzene rings is 2. The van der Waals surface area contributed by atoms with Crippen LogP contribution in [0.5, 0.6) is 5.75 Å². The minimum absolute atomic E-state index is 0.0592. The fourth-order valence-corrected chi connectivity index (χ4v) is 2.58. The van der Waals surface area contributed by atoms with Gasteiger partial charge >= 0.3 is 0 Å². The Hall–Kier alpha value is -3.25. The first-order valence-electron chi connectivity index (χ1n) is 8.20. The Morgan fingerprint density at radius 3 is 2.85 bits per heavy atom. The molecule has 0 atom stereocenters. The van der Waals surface area contributed by atoms with Gasteiger partial charge in [0.05, 0.1) is 25.6 Å². The van der Waals surface area contributed by atoms with Crippen LogP contribution in [0.2, 0.25) is 5.02 Å². The van der Waals surface area contributed by atoms with Gasteiger partial charge < -0.3 is 14.5 Å². The molecule has 0 saturated carbocycles. The summed E-state index contributed by atoms with van der Waals surface area (Å²) in [4.78, 5) is 11.9. The maximum atomic E-state index is 11.9. The van der Waals surface area contributed by atoms with E-state index in [-0.39, 0.29) is 12.5 Å². The van der Waals surface area contributed by atoms with Crippen LogP contribution in [-0.4, -0.2) is 25.8 Å². The fraction of sp³-hybridized carbons (Fsp3) is 0.100. The molecular formula is C20H18ClN3O3. The molecule has 138 valence electrons. The van der Waals surface area contributed by atoms with Crippen molar-refractivity contribution in [2.75, 3.05) is 19.0 Å². The minimum Gasteiger partial charge on any atom is -0.495 e. The van der Waals surface area contributed by atoms with Gasteiger partial charge in [0.15, 0.2) is 0 Å². The third-order valence-corrected chi connectivity index (χ3v) is 3.90. The third-order valence-electron chi connectivity index (χ3n) is 3.66. The molecule has 3 rings (SSSR count). The highest BCUT2D eigenvalue weighted by Crippen LogP contribution is 2.24. The summed E-state index contributed by atoms with van der Waals surface area (Å²) in [6, 6.07) is 18.3. The van der Waals surface area contributed by atoms with Gasteiger partial charge in [0.25, 0.3) is 5.91 Å². The van der Waals surface area contributed by atoms with Crippen molar-refractivity contribution >= 4 is 29.4 Å². The van der Waals surface area contributed by atoms with Gasteiger partial charge in [0.1, 0.15) is 17.3 Å². The average molecular weight is 384 g/mol. The summed E-state index contributed by atoms with van der Waals surface area (Å²) in [6.07, 6.45) is 1.44. The lowest BCUT2D eigenvalue weighted by atomic mass is 10.2. The Kier molecular flexibility index (Phi) is 6.12. The molecule has 1 aromatic heterocycles. The smallest absolute Gasteiger partial charge is 0.259 e. The van der Waals surface area contributed by atoms with Gasteiger partial charge in [-0.05, 0) is 36.4 Å². The molecule has 2 N–H and O–H groups in total. The number of hydrogen-bond donors (Lipinski definition) is 2. The summed E-state index contributed by atoms with van der Waals surface area (Å²) in [5.74, 6) is 1.56. The first kappa shape index (κ1) is 18.5. The zero-order valence-corrected chi connectivity index (χ0v) is 15.4. The van der Waals surface area contributed by atoms with Crippen LogP contribution in [0, 0.1) is 0 Å². The molecular weight excluding hydrogens is 366 g/mol. The zero-order valence-electron chi connectivity index (χ0n) is 14.6. The number of hydrogen-bond acceptors (Lipinski definition) is 5. The van der Waals surface area contributed by atoms with E-state index in [0.29, 0.717) is 22.3 Å². The topological polar surface area (TPSA) is 75.9 Å². The van der Waals surface area contributed by atoms with Crippen LogP contribution < -0.4 is 15.5 Å². The lowest BCUT2D eigenvalue weighted by Crippen LogP contribution is -2.26. The highest BCUT2D eigenvalue weighted by molar-refractivity contribution is 6.30. The maximum Gasteiger partial charge on any atom is 0.259 e. The Morgan fingerprint density at radius 2 is 2.04 bits per heavy atom. The van der Waals surface area contributed by atoms with E-state index in [1.165, 1.54) is 6.21 Å². The van der Waals surface area contributed by atoms with Gasteiger partial charge in [-0.25, -0.2) is 5.43 Å². The van der Waals surface area contributed by atoms with E-state index in [1.54, 1.807) is 19.2 Å². The summed E-state index contributed by atoms with van der Waals surface area (Å²) >= 11 is 5.98. The molecule has 0 fully saturated rings. The largest absolute Gasteiger partial charge is 0.495 e. The van der Waals surface area contributed by atoms with Crippen LogP contribution in [0.4, 0.5) is 5.69 Å². The number of para-hydroxylation sites is 2. The zero-order chi connectivity index (χ0) is 19.1. The molecule has 1 amide bonds. The lowest BCUT2D eigenvalue weighted by molar-refractivity contribution is -0.119. The van der Waals surface area contributed by atoms with Crippen molar-refractivity contribution in [2.45, 2.75) is 0 Å². The second-order valence-corrected chi connectivity index (χ2v) is 6.00. The normalized spacial score (nSPS) is 10.7. The number of halogens is 1. The molecule has 0 aliphatic carbocycles. The van der Waals surface area contributed by atoms with Crippen molar-refractivity contribution in [3.8, 4) is 17.1 Å². The predicted octanol–water partition coefficient (Wildman–Crippen LogP) is 4.17. The van der Waals surface area contributed by atoms with Crippen molar-refractivity contribution in [1.29, 1.82) is 0 Å². The highest BCUT2D eigenvalue weighted by Gasteiger charge is 2.05. The number of carbonyl (C=O) groups is 1. The Bertz CT molecular complexity index is 953. The van der Waals surface area contributed by atoms with Crippen LogP contribution in [0.1, 0.15) is 5.76 Å². The van der Waals surface area contributed by atoms with Crippen LogP contribution >= 0.6 is 11.6 Å². The SMILES string of the molecule is COc1ccccc1NCC(=O)N/N=C\c1ccc(-c2cccc(Cl)c2)o1. The molecule has 0 aliphatic heterocycles. The van der Waals surface area contributed by atoms with E-state index >= 15 is 0 Å². The second kappa shape index (κ2) is 8.91. The number of nitrogens with zero attached hydrogens (tertiary/aromatic N) is 1. The van der Waals surface area contributed by atoms with Gasteiger partial charge in [-0.1, -0.05) is 35.9 Å². The van der Waals surface area contributed by atoms with E-state index in [4.69, 9.17) is 20.8 Å². The molecule has 0 saturated heterocycles. The summed E-state index contributed by atoms with van der Waals surface area (Å²) in [5.41, 5.74) is 4.04. The number of hydrazone groups is 1.